The van der Waals surface area contributed by atoms with Crippen LogP contribution in [-0.2, 0) is 0 Å². The Labute approximate surface area is 66.9 Å². The normalized spacial score (nSPS) is 10.2. The summed E-state index contributed by atoms with van der Waals surface area (Å²) in [4.78, 5) is 0. The second-order valence-electron chi connectivity index (χ2n) is 2.19. The van der Waals surface area contributed by atoms with Gasteiger partial charge in [0.25, 0.3) is 0 Å². The van der Waals surface area contributed by atoms with E-state index in [4.69, 9.17) is 5.73 Å². The number of nitrogens with two attached hydrogens (primary N) is 1. The summed E-state index contributed by atoms with van der Waals surface area (Å²) in [5.74, 6) is 0. The van der Waals surface area contributed by atoms with Crippen LogP contribution in [0.3, 0.4) is 0 Å². The molecule has 0 atom stereocenters. The van der Waals surface area contributed by atoms with Crippen molar-refractivity contribution in [2.45, 2.75) is 0 Å². The zero-order valence-electron chi connectivity index (χ0n) is 6.33. The molecule has 0 radical (unpaired) electrons. The zero-order valence-corrected chi connectivity index (χ0v) is 6.33. The lowest BCUT2D eigenvalue weighted by atomic mass is 10.1. The third-order valence-electron chi connectivity index (χ3n) is 1.49. The van der Waals surface area contributed by atoms with Crippen LogP contribution >= 0.6 is 0 Å². The molecule has 1 rings (SSSR count). The number of rotatable bonds is 2. The molecule has 0 bridgehead atoms. The first-order chi connectivity index (χ1) is 5.38. The van der Waals surface area contributed by atoms with Crippen LogP contribution in [0.25, 0.3) is 12.2 Å². The van der Waals surface area contributed by atoms with Crippen molar-refractivity contribution in [3.05, 3.63) is 48.2 Å². The molecule has 0 unspecified atom stereocenters. The average molecular weight is 145 g/mol. The minimum atomic E-state index is 1.10. The smallest absolute Gasteiger partial charge is 0.00561 e. The second kappa shape index (κ2) is 3.62. The van der Waals surface area contributed by atoms with E-state index in [0.717, 1.165) is 11.1 Å². The van der Waals surface area contributed by atoms with Crippen molar-refractivity contribution in [2.75, 3.05) is 0 Å². The largest absolute Gasteiger partial charge is 0.405 e. The van der Waals surface area contributed by atoms with Gasteiger partial charge in [-0.25, -0.2) is 0 Å². The fourth-order valence-corrected chi connectivity index (χ4v) is 0.952. The molecular formula is C10H11N. The summed E-state index contributed by atoms with van der Waals surface area (Å²) in [5, 5.41) is 0. The summed E-state index contributed by atoms with van der Waals surface area (Å²) in [7, 11) is 0. The second-order valence-corrected chi connectivity index (χ2v) is 2.19. The van der Waals surface area contributed by atoms with Gasteiger partial charge in [-0.2, -0.15) is 0 Å². The highest BCUT2D eigenvalue weighted by Crippen LogP contribution is 2.10. The summed E-state index contributed by atoms with van der Waals surface area (Å²) in [6, 6.07) is 7.95. The van der Waals surface area contributed by atoms with Gasteiger partial charge < -0.3 is 5.73 Å². The van der Waals surface area contributed by atoms with E-state index in [1.807, 2.05) is 36.4 Å². The molecule has 0 fully saturated rings. The Kier molecular flexibility index (Phi) is 2.50. The highest BCUT2D eigenvalue weighted by molar-refractivity contribution is 5.63. The van der Waals surface area contributed by atoms with Crippen LogP contribution in [0.2, 0.25) is 0 Å². The summed E-state index contributed by atoms with van der Waals surface area (Å²) < 4.78 is 0. The fourth-order valence-electron chi connectivity index (χ4n) is 0.952. The Morgan fingerprint density at radius 3 is 2.36 bits per heavy atom. The van der Waals surface area contributed by atoms with Gasteiger partial charge in [-0.05, 0) is 23.4 Å². The lowest BCUT2D eigenvalue weighted by molar-refractivity contribution is 1.58. The first-order valence-electron chi connectivity index (χ1n) is 3.48. The lowest BCUT2D eigenvalue weighted by Crippen LogP contribution is -1.81. The van der Waals surface area contributed by atoms with Gasteiger partial charge in [0, 0.05) is 0 Å². The van der Waals surface area contributed by atoms with Crippen LogP contribution in [0, 0.1) is 0 Å². The standard InChI is InChI=1S/C10H11N/c1-2-9-5-3-4-6-10(9)7-8-11/h2-8H,1,11H2/b8-7-. The van der Waals surface area contributed by atoms with Gasteiger partial charge in [0.05, 0.1) is 0 Å². The molecule has 0 amide bonds. The van der Waals surface area contributed by atoms with Crippen LogP contribution in [0.5, 0.6) is 0 Å². The highest BCUT2D eigenvalue weighted by atomic mass is 14.5. The van der Waals surface area contributed by atoms with E-state index in [1.54, 1.807) is 0 Å². The molecule has 0 aliphatic heterocycles. The first kappa shape index (κ1) is 7.61. The first-order valence-corrected chi connectivity index (χ1v) is 3.48. The van der Waals surface area contributed by atoms with E-state index in [1.165, 1.54) is 6.20 Å². The van der Waals surface area contributed by atoms with Crippen LogP contribution in [0.15, 0.2) is 37.0 Å². The van der Waals surface area contributed by atoms with Gasteiger partial charge in [0.1, 0.15) is 0 Å². The van der Waals surface area contributed by atoms with E-state index < -0.39 is 0 Å². The summed E-state index contributed by atoms with van der Waals surface area (Å²) in [5.41, 5.74) is 7.48. The van der Waals surface area contributed by atoms with Crippen molar-refractivity contribution >= 4 is 12.2 Å². The maximum Gasteiger partial charge on any atom is -0.00561 e. The van der Waals surface area contributed by atoms with Crippen molar-refractivity contribution in [2.24, 2.45) is 5.73 Å². The third kappa shape index (κ3) is 1.71. The van der Waals surface area contributed by atoms with Crippen molar-refractivity contribution < 1.29 is 0 Å². The van der Waals surface area contributed by atoms with Crippen LogP contribution in [-0.4, -0.2) is 0 Å². The van der Waals surface area contributed by atoms with Gasteiger partial charge in [-0.15, -0.1) is 0 Å². The Morgan fingerprint density at radius 1 is 1.18 bits per heavy atom. The monoisotopic (exact) mass is 145 g/mol. The van der Waals surface area contributed by atoms with E-state index in [9.17, 15) is 0 Å². The molecule has 11 heavy (non-hydrogen) atoms. The van der Waals surface area contributed by atoms with Crippen molar-refractivity contribution in [1.29, 1.82) is 0 Å². The van der Waals surface area contributed by atoms with Crippen molar-refractivity contribution in [1.82, 2.24) is 0 Å². The molecule has 1 heteroatoms. The maximum atomic E-state index is 5.27. The molecule has 0 spiro atoms. The number of hydrogen-bond donors (Lipinski definition) is 1. The average Bonchev–Trinajstić information content (AvgIpc) is 2.06. The summed E-state index contributed by atoms with van der Waals surface area (Å²) in [6.45, 7) is 3.70. The summed E-state index contributed by atoms with van der Waals surface area (Å²) in [6.07, 6.45) is 5.20. The van der Waals surface area contributed by atoms with E-state index >= 15 is 0 Å². The maximum absolute atomic E-state index is 5.27. The molecule has 0 aromatic heterocycles. The predicted octanol–water partition coefficient (Wildman–Crippen LogP) is 2.26. The number of hydrogen-bond acceptors (Lipinski definition) is 1. The SMILES string of the molecule is C=Cc1ccccc1/C=C\N. The minimum absolute atomic E-state index is 1.10. The Bertz CT molecular complexity index is 274. The van der Waals surface area contributed by atoms with Crippen LogP contribution < -0.4 is 5.73 Å². The Hall–Kier alpha value is -1.50. The molecule has 1 aromatic carbocycles. The van der Waals surface area contributed by atoms with E-state index in [-0.39, 0.29) is 0 Å². The van der Waals surface area contributed by atoms with Crippen LogP contribution in [0.4, 0.5) is 0 Å². The summed E-state index contributed by atoms with van der Waals surface area (Å²) >= 11 is 0. The van der Waals surface area contributed by atoms with Gasteiger partial charge in [-0.1, -0.05) is 36.9 Å². The van der Waals surface area contributed by atoms with Gasteiger partial charge in [0.2, 0.25) is 0 Å². The quantitative estimate of drug-likeness (QED) is 0.678. The topological polar surface area (TPSA) is 26.0 Å². The van der Waals surface area contributed by atoms with E-state index in [0.29, 0.717) is 0 Å². The van der Waals surface area contributed by atoms with Crippen molar-refractivity contribution in [3.63, 3.8) is 0 Å². The van der Waals surface area contributed by atoms with Gasteiger partial charge >= 0.3 is 0 Å². The molecule has 56 valence electrons. The van der Waals surface area contributed by atoms with Gasteiger partial charge in [0.15, 0.2) is 0 Å². The molecule has 0 aliphatic carbocycles. The van der Waals surface area contributed by atoms with Crippen molar-refractivity contribution in [3.8, 4) is 0 Å². The molecule has 2 N–H and O–H groups in total. The molecule has 0 saturated heterocycles. The molecule has 1 aromatic rings. The Morgan fingerprint density at radius 2 is 1.82 bits per heavy atom. The molecular weight excluding hydrogens is 134 g/mol. The highest BCUT2D eigenvalue weighted by Gasteiger charge is 1.90. The zero-order chi connectivity index (χ0) is 8.10. The van der Waals surface area contributed by atoms with Gasteiger partial charge in [-0.3, -0.25) is 0 Å². The molecule has 0 aliphatic rings. The third-order valence-corrected chi connectivity index (χ3v) is 1.49. The fraction of sp³-hybridized carbons (Fsp3) is 0. The number of benzene rings is 1. The predicted molar refractivity (Wildman–Crippen MR) is 49.8 cm³/mol. The van der Waals surface area contributed by atoms with Crippen LogP contribution in [0.1, 0.15) is 11.1 Å². The lowest BCUT2D eigenvalue weighted by Gasteiger charge is -1.97. The molecule has 0 heterocycles. The molecule has 1 nitrogen and oxygen atoms in total. The molecule has 0 saturated carbocycles. The van der Waals surface area contributed by atoms with E-state index in [2.05, 4.69) is 6.58 Å². The minimum Gasteiger partial charge on any atom is -0.405 e. The Balaban J connectivity index is 3.11.